The van der Waals surface area contributed by atoms with Gasteiger partial charge in [0.2, 0.25) is 0 Å². The molecule has 0 bridgehead atoms. The number of aliphatic hydroxyl groups is 1. The van der Waals surface area contributed by atoms with Crippen LogP contribution in [0.1, 0.15) is 12.0 Å². The molecule has 0 spiro atoms. The fourth-order valence-corrected chi connectivity index (χ4v) is 1.95. The van der Waals surface area contributed by atoms with E-state index in [0.29, 0.717) is 26.1 Å². The zero-order valence-electron chi connectivity index (χ0n) is 8.53. The predicted molar refractivity (Wildman–Crippen MR) is 55.0 cm³/mol. The lowest BCUT2D eigenvalue weighted by molar-refractivity contribution is -0.0350. The van der Waals surface area contributed by atoms with Crippen molar-refractivity contribution in [3.8, 4) is 0 Å². The summed E-state index contributed by atoms with van der Waals surface area (Å²) in [5.74, 6) is -0.126. The van der Waals surface area contributed by atoms with Crippen molar-refractivity contribution < 1.29 is 14.2 Å². The van der Waals surface area contributed by atoms with Crippen LogP contribution in [0.15, 0.2) is 24.3 Å². The van der Waals surface area contributed by atoms with E-state index < -0.39 is 0 Å². The van der Waals surface area contributed by atoms with Gasteiger partial charge in [-0.2, -0.15) is 0 Å². The summed E-state index contributed by atoms with van der Waals surface area (Å²) >= 11 is 0. The molecule has 3 heteroatoms. The van der Waals surface area contributed by atoms with Crippen molar-refractivity contribution in [1.29, 1.82) is 0 Å². The van der Waals surface area contributed by atoms with Crippen LogP contribution in [0.4, 0.5) is 4.39 Å². The maximum Gasteiger partial charge on any atom is 0.123 e. The molecule has 2 unspecified atom stereocenters. The summed E-state index contributed by atoms with van der Waals surface area (Å²) in [5.41, 5.74) is 0.921. The lowest BCUT2D eigenvalue weighted by atomic mass is 9.91. The van der Waals surface area contributed by atoms with Crippen LogP contribution in [0.5, 0.6) is 0 Å². The van der Waals surface area contributed by atoms with Gasteiger partial charge in [-0.05, 0) is 30.5 Å². The fourth-order valence-electron chi connectivity index (χ4n) is 1.95. The smallest absolute Gasteiger partial charge is 0.123 e. The summed E-state index contributed by atoms with van der Waals surface area (Å²) in [6.45, 7) is 1.19. The molecule has 2 atom stereocenters. The maximum absolute atomic E-state index is 12.9. The Balaban J connectivity index is 2.01. The Morgan fingerprint density at radius 2 is 2.33 bits per heavy atom. The molecule has 1 aliphatic heterocycles. The van der Waals surface area contributed by atoms with Crippen molar-refractivity contribution in [3.05, 3.63) is 35.6 Å². The zero-order valence-corrected chi connectivity index (χ0v) is 8.53. The number of hydrogen-bond acceptors (Lipinski definition) is 2. The average Bonchev–Trinajstić information content (AvgIpc) is 2.22. The third kappa shape index (κ3) is 2.76. The maximum atomic E-state index is 12.9. The van der Waals surface area contributed by atoms with Gasteiger partial charge in [-0.1, -0.05) is 12.1 Å². The molecule has 0 aliphatic carbocycles. The van der Waals surface area contributed by atoms with Crippen molar-refractivity contribution >= 4 is 0 Å². The van der Waals surface area contributed by atoms with Gasteiger partial charge in [-0.25, -0.2) is 4.39 Å². The summed E-state index contributed by atoms with van der Waals surface area (Å²) in [6, 6.07) is 6.52. The van der Waals surface area contributed by atoms with Gasteiger partial charge < -0.3 is 9.84 Å². The van der Waals surface area contributed by atoms with Crippen LogP contribution in [-0.2, 0) is 11.2 Å². The lowest BCUT2D eigenvalue weighted by Crippen LogP contribution is -2.33. The molecule has 1 saturated heterocycles. The molecule has 0 radical (unpaired) electrons. The molecule has 2 rings (SSSR count). The Morgan fingerprint density at radius 3 is 3.07 bits per heavy atom. The zero-order chi connectivity index (χ0) is 10.7. The Morgan fingerprint density at radius 1 is 1.47 bits per heavy atom. The van der Waals surface area contributed by atoms with Gasteiger partial charge in [0.1, 0.15) is 5.82 Å². The summed E-state index contributed by atoms with van der Waals surface area (Å²) in [7, 11) is 0. The van der Waals surface area contributed by atoms with E-state index in [1.165, 1.54) is 12.1 Å². The van der Waals surface area contributed by atoms with Crippen LogP contribution in [0.3, 0.4) is 0 Å². The molecule has 1 fully saturated rings. The third-order valence-corrected chi connectivity index (χ3v) is 2.82. The molecular weight excluding hydrogens is 195 g/mol. The average molecular weight is 210 g/mol. The van der Waals surface area contributed by atoms with Gasteiger partial charge >= 0.3 is 0 Å². The molecule has 0 aromatic heterocycles. The van der Waals surface area contributed by atoms with Crippen LogP contribution in [0.25, 0.3) is 0 Å². The number of aliphatic hydroxyl groups excluding tert-OH is 1. The molecule has 0 saturated carbocycles. The topological polar surface area (TPSA) is 29.5 Å². The van der Waals surface area contributed by atoms with Gasteiger partial charge in [-0.3, -0.25) is 0 Å². The first-order valence-electron chi connectivity index (χ1n) is 5.26. The summed E-state index contributed by atoms with van der Waals surface area (Å²) < 4.78 is 18.2. The molecule has 1 aliphatic rings. The molecule has 2 nitrogen and oxygen atoms in total. The molecule has 0 amide bonds. The Kier molecular flexibility index (Phi) is 3.34. The van der Waals surface area contributed by atoms with Gasteiger partial charge in [-0.15, -0.1) is 0 Å². The molecule has 82 valence electrons. The van der Waals surface area contributed by atoms with Gasteiger partial charge in [0, 0.05) is 12.5 Å². The Bertz CT molecular complexity index is 327. The number of ether oxygens (including phenoxy) is 1. The highest BCUT2D eigenvalue weighted by Crippen LogP contribution is 2.19. The first-order chi connectivity index (χ1) is 7.25. The second-order valence-electron chi connectivity index (χ2n) is 4.03. The van der Waals surface area contributed by atoms with Crippen LogP contribution in [0, 0.1) is 11.7 Å². The van der Waals surface area contributed by atoms with Crippen molar-refractivity contribution in [2.24, 2.45) is 5.92 Å². The standard InChI is InChI=1S/C12H15FO2/c13-11-3-1-2-9(7-11)6-10-8-15-5-4-12(10)14/h1-3,7,10,12,14H,4-6,8H2. The van der Waals surface area contributed by atoms with E-state index in [0.717, 1.165) is 5.56 Å². The summed E-state index contributed by atoms with van der Waals surface area (Å²) in [6.07, 6.45) is 1.04. The monoisotopic (exact) mass is 210 g/mol. The normalized spacial score (nSPS) is 26.5. The highest BCUT2D eigenvalue weighted by atomic mass is 19.1. The van der Waals surface area contributed by atoms with E-state index in [-0.39, 0.29) is 17.8 Å². The van der Waals surface area contributed by atoms with E-state index in [9.17, 15) is 9.50 Å². The minimum atomic E-state index is -0.318. The van der Waals surface area contributed by atoms with Crippen LogP contribution < -0.4 is 0 Å². The van der Waals surface area contributed by atoms with E-state index in [1.807, 2.05) is 6.07 Å². The highest BCUT2D eigenvalue weighted by molar-refractivity contribution is 5.17. The highest BCUT2D eigenvalue weighted by Gasteiger charge is 2.23. The second-order valence-corrected chi connectivity index (χ2v) is 4.03. The van der Waals surface area contributed by atoms with Crippen molar-refractivity contribution in [1.82, 2.24) is 0 Å². The van der Waals surface area contributed by atoms with Gasteiger partial charge in [0.15, 0.2) is 0 Å². The molecule has 1 heterocycles. The van der Waals surface area contributed by atoms with Crippen molar-refractivity contribution in [3.63, 3.8) is 0 Å². The number of halogens is 1. The third-order valence-electron chi connectivity index (χ3n) is 2.82. The Labute approximate surface area is 88.7 Å². The molecule has 15 heavy (non-hydrogen) atoms. The SMILES string of the molecule is OC1CCOCC1Cc1cccc(F)c1. The fraction of sp³-hybridized carbons (Fsp3) is 0.500. The predicted octanol–water partition coefficient (Wildman–Crippen LogP) is 1.77. The second kappa shape index (κ2) is 4.73. The van der Waals surface area contributed by atoms with Crippen LogP contribution in [-0.4, -0.2) is 24.4 Å². The minimum Gasteiger partial charge on any atom is -0.393 e. The number of rotatable bonds is 2. The lowest BCUT2D eigenvalue weighted by Gasteiger charge is -2.27. The first-order valence-corrected chi connectivity index (χ1v) is 5.26. The van der Waals surface area contributed by atoms with E-state index in [4.69, 9.17) is 4.74 Å². The van der Waals surface area contributed by atoms with Crippen molar-refractivity contribution in [2.45, 2.75) is 18.9 Å². The van der Waals surface area contributed by atoms with Gasteiger partial charge in [0.05, 0.1) is 12.7 Å². The summed E-state index contributed by atoms with van der Waals surface area (Å²) in [5, 5.41) is 9.73. The number of benzene rings is 1. The Hall–Kier alpha value is -0.930. The van der Waals surface area contributed by atoms with E-state index in [2.05, 4.69) is 0 Å². The molecular formula is C12H15FO2. The molecule has 1 N–H and O–H groups in total. The summed E-state index contributed by atoms with van der Waals surface area (Å²) in [4.78, 5) is 0. The van der Waals surface area contributed by atoms with E-state index >= 15 is 0 Å². The van der Waals surface area contributed by atoms with Crippen LogP contribution >= 0.6 is 0 Å². The molecule has 1 aromatic carbocycles. The quantitative estimate of drug-likeness (QED) is 0.806. The number of hydrogen-bond donors (Lipinski definition) is 1. The van der Waals surface area contributed by atoms with Gasteiger partial charge in [0.25, 0.3) is 0 Å². The van der Waals surface area contributed by atoms with Crippen LogP contribution in [0.2, 0.25) is 0 Å². The van der Waals surface area contributed by atoms with E-state index in [1.54, 1.807) is 6.07 Å². The first kappa shape index (κ1) is 10.6. The van der Waals surface area contributed by atoms with Crippen molar-refractivity contribution in [2.75, 3.05) is 13.2 Å². The minimum absolute atomic E-state index is 0.0977. The molecule has 1 aromatic rings. The largest absolute Gasteiger partial charge is 0.393 e.